The van der Waals surface area contributed by atoms with Crippen LogP contribution in [0.2, 0.25) is 0 Å². The molecule has 0 saturated heterocycles. The molecule has 0 saturated carbocycles. The Bertz CT molecular complexity index is 651. The summed E-state index contributed by atoms with van der Waals surface area (Å²) in [6, 6.07) is 11.4. The molecule has 0 aliphatic carbocycles. The maximum Gasteiger partial charge on any atom is 0.168 e. The number of hydrogen-bond acceptors (Lipinski definition) is 2. The molecule has 2 rings (SSSR count). The second kappa shape index (κ2) is 6.55. The van der Waals surface area contributed by atoms with E-state index in [-0.39, 0.29) is 5.78 Å². The van der Waals surface area contributed by atoms with E-state index < -0.39 is 0 Å². The van der Waals surface area contributed by atoms with E-state index >= 15 is 0 Å². The van der Waals surface area contributed by atoms with Crippen LogP contribution >= 0.6 is 31.9 Å². The van der Waals surface area contributed by atoms with Crippen molar-refractivity contribution in [2.45, 2.75) is 13.3 Å². The van der Waals surface area contributed by atoms with Crippen molar-refractivity contribution >= 4 is 37.6 Å². The van der Waals surface area contributed by atoms with Crippen molar-refractivity contribution in [3.63, 3.8) is 0 Å². The molecule has 0 aliphatic heterocycles. The number of methoxy groups -OCH3 is 1. The molecule has 0 radical (unpaired) electrons. The molecule has 104 valence electrons. The highest BCUT2D eigenvalue weighted by Gasteiger charge is 2.14. The molecule has 2 nitrogen and oxygen atoms in total. The number of rotatable bonds is 4. The molecule has 0 aliphatic rings. The van der Waals surface area contributed by atoms with Gasteiger partial charge in [-0.1, -0.05) is 37.9 Å². The quantitative estimate of drug-likeness (QED) is 0.682. The number of ether oxygens (including phenoxy) is 1. The van der Waals surface area contributed by atoms with Gasteiger partial charge in [-0.25, -0.2) is 0 Å². The average molecular weight is 398 g/mol. The second-order valence-electron chi connectivity index (χ2n) is 4.54. The third kappa shape index (κ3) is 3.49. The van der Waals surface area contributed by atoms with Crippen LogP contribution in [-0.2, 0) is 6.42 Å². The molecule has 0 N–H and O–H groups in total. The molecule has 0 heterocycles. The van der Waals surface area contributed by atoms with E-state index in [1.54, 1.807) is 7.11 Å². The van der Waals surface area contributed by atoms with Gasteiger partial charge in [0.05, 0.1) is 7.11 Å². The SMILES string of the molecule is COc1ccc(Br)cc1CC(=O)c1ccc(C)cc1Br. The molecule has 2 aromatic rings. The maximum atomic E-state index is 12.4. The number of halogens is 2. The third-order valence-electron chi connectivity index (χ3n) is 3.02. The van der Waals surface area contributed by atoms with Crippen LogP contribution in [-0.4, -0.2) is 12.9 Å². The lowest BCUT2D eigenvalue weighted by molar-refractivity contribution is 0.0991. The van der Waals surface area contributed by atoms with Crippen molar-refractivity contribution in [1.29, 1.82) is 0 Å². The van der Waals surface area contributed by atoms with Crippen LogP contribution in [0.5, 0.6) is 5.75 Å². The van der Waals surface area contributed by atoms with E-state index in [9.17, 15) is 4.79 Å². The molecular formula is C16H14Br2O2. The zero-order valence-corrected chi connectivity index (χ0v) is 14.4. The van der Waals surface area contributed by atoms with Gasteiger partial charge in [0.1, 0.15) is 5.75 Å². The number of Topliss-reactive ketones (excluding diaryl/α,β-unsaturated/α-hetero) is 1. The van der Waals surface area contributed by atoms with Gasteiger partial charge in [0.2, 0.25) is 0 Å². The molecule has 0 unspecified atom stereocenters. The lowest BCUT2D eigenvalue weighted by Gasteiger charge is -2.09. The normalized spacial score (nSPS) is 10.4. The van der Waals surface area contributed by atoms with E-state index in [0.717, 1.165) is 25.8 Å². The van der Waals surface area contributed by atoms with Crippen LogP contribution in [0.3, 0.4) is 0 Å². The van der Waals surface area contributed by atoms with Gasteiger partial charge >= 0.3 is 0 Å². The molecule has 0 bridgehead atoms. The molecule has 4 heteroatoms. The van der Waals surface area contributed by atoms with Gasteiger partial charge in [-0.15, -0.1) is 0 Å². The van der Waals surface area contributed by atoms with Crippen LogP contribution in [0.15, 0.2) is 45.3 Å². The Morgan fingerprint density at radius 1 is 1.15 bits per heavy atom. The molecular weight excluding hydrogens is 384 g/mol. The first-order valence-electron chi connectivity index (χ1n) is 6.13. The number of aryl methyl sites for hydroxylation is 1. The lowest BCUT2D eigenvalue weighted by atomic mass is 10.0. The third-order valence-corrected chi connectivity index (χ3v) is 4.17. The first-order chi connectivity index (χ1) is 9.51. The first-order valence-corrected chi connectivity index (χ1v) is 7.71. The summed E-state index contributed by atoms with van der Waals surface area (Å²) < 4.78 is 7.07. The minimum atomic E-state index is 0.0632. The van der Waals surface area contributed by atoms with E-state index in [2.05, 4.69) is 31.9 Å². The highest BCUT2D eigenvalue weighted by molar-refractivity contribution is 9.10. The summed E-state index contributed by atoms with van der Waals surface area (Å²) in [5, 5.41) is 0. The number of ketones is 1. The van der Waals surface area contributed by atoms with Gasteiger partial charge in [-0.05, 0) is 42.8 Å². The predicted molar refractivity (Wildman–Crippen MR) is 87.6 cm³/mol. The van der Waals surface area contributed by atoms with Crippen LogP contribution < -0.4 is 4.74 Å². The predicted octanol–water partition coefficient (Wildman–Crippen LogP) is 4.95. The number of benzene rings is 2. The standard InChI is InChI=1S/C16H14Br2O2/c1-10-3-5-13(14(18)7-10)15(19)9-11-8-12(17)4-6-16(11)20-2/h3-8H,9H2,1-2H3. The summed E-state index contributed by atoms with van der Waals surface area (Å²) in [6.45, 7) is 2.00. The number of carbonyl (C=O) groups is 1. The van der Waals surface area contributed by atoms with Crippen LogP contribution in [0.1, 0.15) is 21.5 Å². The number of carbonyl (C=O) groups excluding carboxylic acids is 1. The van der Waals surface area contributed by atoms with Crippen molar-refractivity contribution in [2.75, 3.05) is 7.11 Å². The van der Waals surface area contributed by atoms with Gasteiger partial charge in [0.25, 0.3) is 0 Å². The van der Waals surface area contributed by atoms with E-state index in [4.69, 9.17) is 4.74 Å². The molecule has 0 amide bonds. The molecule has 0 aromatic heterocycles. The fourth-order valence-corrected chi connectivity index (χ4v) is 3.12. The Morgan fingerprint density at radius 3 is 2.55 bits per heavy atom. The zero-order chi connectivity index (χ0) is 14.7. The van der Waals surface area contributed by atoms with Crippen molar-refractivity contribution < 1.29 is 9.53 Å². The first kappa shape index (κ1) is 15.3. The zero-order valence-electron chi connectivity index (χ0n) is 11.2. The number of hydrogen-bond donors (Lipinski definition) is 0. The van der Waals surface area contributed by atoms with Crippen molar-refractivity contribution in [2.24, 2.45) is 0 Å². The average Bonchev–Trinajstić information content (AvgIpc) is 2.38. The molecule has 2 aromatic carbocycles. The Hall–Kier alpha value is -1.13. The summed E-state index contributed by atoms with van der Waals surface area (Å²) in [5.74, 6) is 0.790. The van der Waals surface area contributed by atoms with Gasteiger partial charge in [-0.3, -0.25) is 4.79 Å². The Morgan fingerprint density at radius 2 is 1.90 bits per heavy atom. The van der Waals surface area contributed by atoms with Crippen molar-refractivity contribution in [1.82, 2.24) is 0 Å². The molecule has 20 heavy (non-hydrogen) atoms. The van der Waals surface area contributed by atoms with Crippen LogP contribution in [0, 0.1) is 6.92 Å². The molecule has 0 fully saturated rings. The van der Waals surface area contributed by atoms with Crippen molar-refractivity contribution in [3.8, 4) is 5.75 Å². The molecule has 0 atom stereocenters. The van der Waals surface area contributed by atoms with Gasteiger partial charge in [-0.2, -0.15) is 0 Å². The Labute approximate surface area is 135 Å². The highest BCUT2D eigenvalue weighted by Crippen LogP contribution is 2.26. The smallest absolute Gasteiger partial charge is 0.168 e. The minimum absolute atomic E-state index is 0.0632. The highest BCUT2D eigenvalue weighted by atomic mass is 79.9. The van der Waals surface area contributed by atoms with E-state index in [0.29, 0.717) is 12.0 Å². The summed E-state index contributed by atoms with van der Waals surface area (Å²) in [5.41, 5.74) is 2.69. The fraction of sp³-hybridized carbons (Fsp3) is 0.188. The van der Waals surface area contributed by atoms with Gasteiger partial charge < -0.3 is 4.74 Å². The van der Waals surface area contributed by atoms with Gasteiger partial charge in [0, 0.05) is 26.5 Å². The lowest BCUT2D eigenvalue weighted by Crippen LogP contribution is -2.06. The van der Waals surface area contributed by atoms with E-state index in [1.165, 1.54) is 0 Å². The Balaban J connectivity index is 2.30. The largest absolute Gasteiger partial charge is 0.496 e. The topological polar surface area (TPSA) is 26.3 Å². The fourth-order valence-electron chi connectivity index (χ4n) is 2.00. The second-order valence-corrected chi connectivity index (χ2v) is 6.31. The monoisotopic (exact) mass is 396 g/mol. The minimum Gasteiger partial charge on any atom is -0.496 e. The van der Waals surface area contributed by atoms with Crippen molar-refractivity contribution in [3.05, 3.63) is 62.0 Å². The summed E-state index contributed by atoms with van der Waals surface area (Å²) in [6.07, 6.45) is 0.310. The summed E-state index contributed by atoms with van der Waals surface area (Å²) in [4.78, 5) is 12.4. The van der Waals surface area contributed by atoms with Crippen LogP contribution in [0.4, 0.5) is 0 Å². The summed E-state index contributed by atoms with van der Waals surface area (Å²) >= 11 is 6.87. The van der Waals surface area contributed by atoms with E-state index in [1.807, 2.05) is 43.3 Å². The van der Waals surface area contributed by atoms with Gasteiger partial charge in [0.15, 0.2) is 5.78 Å². The summed E-state index contributed by atoms with van der Waals surface area (Å²) in [7, 11) is 1.61. The Kier molecular flexibility index (Phi) is 5.00. The molecule has 0 spiro atoms. The van der Waals surface area contributed by atoms with Crippen LogP contribution in [0.25, 0.3) is 0 Å². The maximum absolute atomic E-state index is 12.4.